The first-order valence-corrected chi connectivity index (χ1v) is 9.21. The number of benzene rings is 2. The third-order valence-corrected chi connectivity index (χ3v) is 5.73. The Hall–Kier alpha value is -1.49. The van der Waals surface area contributed by atoms with Crippen LogP contribution in [0.4, 0.5) is 11.4 Å². The van der Waals surface area contributed by atoms with Crippen LogP contribution in [-0.2, 0) is 0 Å². The number of para-hydroxylation sites is 1. The molecule has 0 bridgehead atoms. The monoisotopic (exact) mass is 376 g/mol. The Labute approximate surface area is 160 Å². The van der Waals surface area contributed by atoms with Gasteiger partial charge in [-0.25, -0.2) is 0 Å². The Balaban J connectivity index is 0.00000225. The minimum atomic E-state index is 0. The summed E-state index contributed by atoms with van der Waals surface area (Å²) >= 11 is 1.78. The predicted octanol–water partition coefficient (Wildman–Crippen LogP) is 5.25. The molecule has 1 aliphatic rings. The van der Waals surface area contributed by atoms with Crippen LogP contribution in [0.5, 0.6) is 0 Å². The van der Waals surface area contributed by atoms with E-state index in [2.05, 4.69) is 67.2 Å². The summed E-state index contributed by atoms with van der Waals surface area (Å²) in [5.74, 6) is 0.197. The molecule has 0 aliphatic carbocycles. The topological polar surface area (TPSA) is 23.6 Å². The number of halogens is 1. The van der Waals surface area contributed by atoms with E-state index in [1.807, 2.05) is 13.0 Å². The molecule has 1 unspecified atom stereocenters. The lowest BCUT2D eigenvalue weighted by atomic mass is 10.1. The van der Waals surface area contributed by atoms with Crippen LogP contribution in [0.2, 0.25) is 0 Å². The summed E-state index contributed by atoms with van der Waals surface area (Å²) in [5.41, 5.74) is 3.18. The molecular weight excluding hydrogens is 352 g/mol. The van der Waals surface area contributed by atoms with E-state index in [0.29, 0.717) is 12.5 Å². The molecule has 0 radical (unpaired) electrons. The molecule has 3 nitrogen and oxygen atoms in total. The van der Waals surface area contributed by atoms with Crippen molar-refractivity contribution in [2.24, 2.45) is 0 Å². The summed E-state index contributed by atoms with van der Waals surface area (Å²) in [4.78, 5) is 19.2. The van der Waals surface area contributed by atoms with Gasteiger partial charge in [0.25, 0.3) is 0 Å². The van der Waals surface area contributed by atoms with E-state index in [9.17, 15) is 4.79 Å². The second-order valence-electron chi connectivity index (χ2n) is 6.45. The van der Waals surface area contributed by atoms with Crippen molar-refractivity contribution in [2.45, 2.75) is 36.1 Å². The van der Waals surface area contributed by atoms with Crippen LogP contribution in [0.25, 0.3) is 0 Å². The fourth-order valence-corrected chi connectivity index (χ4v) is 3.91. The van der Waals surface area contributed by atoms with Crippen LogP contribution in [0.3, 0.4) is 0 Å². The Morgan fingerprint density at radius 1 is 1.12 bits per heavy atom. The lowest BCUT2D eigenvalue weighted by Crippen LogP contribution is -2.37. The average Bonchev–Trinajstić information content (AvgIpc) is 2.60. The first-order chi connectivity index (χ1) is 11.5. The first kappa shape index (κ1) is 19.8. The molecule has 0 spiro atoms. The maximum absolute atomic E-state index is 12.1. The molecule has 2 aromatic rings. The van der Waals surface area contributed by atoms with Gasteiger partial charge in [-0.1, -0.05) is 36.9 Å². The van der Waals surface area contributed by atoms with Crippen molar-refractivity contribution in [3.05, 3.63) is 48.0 Å². The number of nitrogens with zero attached hydrogens (tertiary/aromatic N) is 2. The molecule has 1 atom stereocenters. The lowest BCUT2D eigenvalue weighted by Gasteiger charge is -2.36. The van der Waals surface area contributed by atoms with Crippen LogP contribution < -0.4 is 4.90 Å². The molecular formula is C20H25ClN2OS. The number of fused-ring (bicyclic) bond motifs is 2. The molecule has 0 fully saturated rings. The van der Waals surface area contributed by atoms with Gasteiger partial charge in [-0.05, 0) is 45.3 Å². The Morgan fingerprint density at radius 3 is 2.48 bits per heavy atom. The number of carbonyl (C=O) groups excluding carboxylic acids is 1. The van der Waals surface area contributed by atoms with Crippen molar-refractivity contribution in [2.75, 3.05) is 25.5 Å². The largest absolute Gasteiger partial charge is 0.338 e. The van der Waals surface area contributed by atoms with Gasteiger partial charge in [0, 0.05) is 34.4 Å². The number of hydrogen-bond donors (Lipinski definition) is 0. The van der Waals surface area contributed by atoms with Crippen molar-refractivity contribution in [3.8, 4) is 0 Å². The van der Waals surface area contributed by atoms with Crippen molar-refractivity contribution in [1.82, 2.24) is 4.90 Å². The number of carbonyl (C=O) groups is 1. The minimum Gasteiger partial charge on any atom is -0.338 e. The molecule has 3 rings (SSSR count). The van der Waals surface area contributed by atoms with Crippen LogP contribution >= 0.6 is 24.2 Å². The zero-order chi connectivity index (χ0) is 17.3. The summed E-state index contributed by atoms with van der Waals surface area (Å²) in [6.07, 6.45) is 0.538. The van der Waals surface area contributed by atoms with Gasteiger partial charge in [-0.2, -0.15) is 0 Å². The summed E-state index contributed by atoms with van der Waals surface area (Å²) < 4.78 is 0. The highest BCUT2D eigenvalue weighted by atomic mass is 35.5. The third-order valence-electron chi connectivity index (χ3n) is 4.60. The van der Waals surface area contributed by atoms with Gasteiger partial charge in [0.2, 0.25) is 0 Å². The highest BCUT2D eigenvalue weighted by Gasteiger charge is 2.25. The summed E-state index contributed by atoms with van der Waals surface area (Å²) in [7, 11) is 4.21. The normalized spacial score (nSPS) is 13.7. The fourth-order valence-electron chi connectivity index (χ4n) is 2.83. The molecule has 0 amide bonds. The average molecular weight is 377 g/mol. The number of ketones is 1. The predicted molar refractivity (Wildman–Crippen MR) is 109 cm³/mol. The van der Waals surface area contributed by atoms with Crippen LogP contribution in [0.1, 0.15) is 30.6 Å². The SMILES string of the molecule is CCC(=O)c1ccc2c(c1)N(CC(C)N(C)C)c1ccccc1S2.Cl. The van der Waals surface area contributed by atoms with E-state index in [1.54, 1.807) is 11.8 Å². The minimum absolute atomic E-state index is 0. The van der Waals surface area contributed by atoms with E-state index in [1.165, 1.54) is 15.5 Å². The van der Waals surface area contributed by atoms with E-state index in [4.69, 9.17) is 0 Å². The van der Waals surface area contributed by atoms with Gasteiger partial charge >= 0.3 is 0 Å². The van der Waals surface area contributed by atoms with Gasteiger partial charge < -0.3 is 9.80 Å². The highest BCUT2D eigenvalue weighted by molar-refractivity contribution is 7.99. The van der Waals surface area contributed by atoms with Crippen molar-refractivity contribution >= 4 is 41.3 Å². The highest BCUT2D eigenvalue weighted by Crippen LogP contribution is 2.48. The lowest BCUT2D eigenvalue weighted by molar-refractivity contribution is 0.0988. The standard InChI is InChI=1S/C20H24N2OS.ClH/c1-5-18(23)15-10-11-20-17(12-15)22(13-14(2)21(3)4)16-8-6-7-9-19(16)24-20;/h6-12,14H,5,13H2,1-4H3;1H. The molecule has 0 N–H and O–H groups in total. The van der Waals surface area contributed by atoms with E-state index in [0.717, 1.165) is 17.8 Å². The third kappa shape index (κ3) is 4.02. The molecule has 0 aromatic heterocycles. The zero-order valence-corrected chi connectivity index (χ0v) is 16.8. The number of likely N-dealkylation sites (N-methyl/N-ethyl adjacent to an activating group) is 1. The smallest absolute Gasteiger partial charge is 0.162 e. The van der Waals surface area contributed by atoms with Gasteiger partial charge in [0.05, 0.1) is 11.4 Å². The van der Waals surface area contributed by atoms with Crippen LogP contribution in [0.15, 0.2) is 52.3 Å². The zero-order valence-electron chi connectivity index (χ0n) is 15.2. The van der Waals surface area contributed by atoms with E-state index < -0.39 is 0 Å². The Kier molecular flexibility index (Phi) is 6.55. The Morgan fingerprint density at radius 2 is 1.80 bits per heavy atom. The van der Waals surface area contributed by atoms with Crippen molar-refractivity contribution < 1.29 is 4.79 Å². The van der Waals surface area contributed by atoms with Crippen LogP contribution in [0, 0.1) is 0 Å². The molecule has 2 aromatic carbocycles. The quantitative estimate of drug-likeness (QED) is 0.664. The molecule has 0 saturated heterocycles. The number of rotatable bonds is 5. The van der Waals surface area contributed by atoms with Crippen molar-refractivity contribution in [3.63, 3.8) is 0 Å². The maximum Gasteiger partial charge on any atom is 0.162 e. The van der Waals surface area contributed by atoms with Gasteiger partial charge in [0.15, 0.2) is 5.78 Å². The van der Waals surface area contributed by atoms with E-state index >= 15 is 0 Å². The number of anilines is 2. The first-order valence-electron chi connectivity index (χ1n) is 8.39. The molecule has 5 heteroatoms. The molecule has 0 saturated carbocycles. The second-order valence-corrected chi connectivity index (χ2v) is 7.54. The van der Waals surface area contributed by atoms with E-state index in [-0.39, 0.29) is 18.2 Å². The Bertz CT molecular complexity index is 763. The second kappa shape index (κ2) is 8.26. The molecule has 1 heterocycles. The summed E-state index contributed by atoms with van der Waals surface area (Å²) in [6.45, 7) is 5.03. The van der Waals surface area contributed by atoms with Gasteiger partial charge in [-0.3, -0.25) is 4.79 Å². The van der Waals surface area contributed by atoms with Gasteiger partial charge in [-0.15, -0.1) is 12.4 Å². The fraction of sp³-hybridized carbons (Fsp3) is 0.350. The molecule has 134 valence electrons. The summed E-state index contributed by atoms with van der Waals surface area (Å²) in [6, 6.07) is 15.0. The maximum atomic E-state index is 12.1. The van der Waals surface area contributed by atoms with Crippen LogP contribution in [-0.4, -0.2) is 37.4 Å². The summed E-state index contributed by atoms with van der Waals surface area (Å²) in [5, 5.41) is 0. The van der Waals surface area contributed by atoms with Gasteiger partial charge in [0.1, 0.15) is 0 Å². The van der Waals surface area contributed by atoms with Crippen molar-refractivity contribution in [1.29, 1.82) is 0 Å². The molecule has 1 aliphatic heterocycles. The number of Topliss-reactive ketones (excluding diaryl/α,β-unsaturated/α-hetero) is 1. The molecule has 25 heavy (non-hydrogen) atoms. The number of hydrogen-bond acceptors (Lipinski definition) is 4.